The number of nitrogens with zero attached hydrogens (tertiary/aromatic N) is 2. The molecule has 1 aliphatic heterocycles. The number of fused-ring (bicyclic) bond motifs is 1. The highest BCUT2D eigenvalue weighted by Crippen LogP contribution is 2.33. The Morgan fingerprint density at radius 3 is 2.42 bits per heavy atom. The second-order valence-electron chi connectivity index (χ2n) is 6.65. The SMILES string of the molecule is Cc1cccc(CS(=O)(=O)N2CCc3cc(S(=O)(=O)N(C)C)ccc32)c1. The minimum atomic E-state index is -3.54. The molecule has 0 aliphatic carbocycles. The highest BCUT2D eigenvalue weighted by atomic mass is 32.2. The van der Waals surface area contributed by atoms with Gasteiger partial charge in [0.05, 0.1) is 16.3 Å². The normalized spacial score (nSPS) is 14.7. The van der Waals surface area contributed by atoms with Crippen LogP contribution in [0.15, 0.2) is 47.4 Å². The summed E-state index contributed by atoms with van der Waals surface area (Å²) in [6.45, 7) is 2.25. The van der Waals surface area contributed by atoms with Gasteiger partial charge >= 0.3 is 0 Å². The molecule has 140 valence electrons. The third kappa shape index (κ3) is 3.49. The minimum absolute atomic E-state index is 0.0775. The highest BCUT2D eigenvalue weighted by molar-refractivity contribution is 7.92. The maximum absolute atomic E-state index is 12.9. The van der Waals surface area contributed by atoms with E-state index in [9.17, 15) is 16.8 Å². The van der Waals surface area contributed by atoms with Crippen LogP contribution in [-0.2, 0) is 32.2 Å². The first-order valence-electron chi connectivity index (χ1n) is 8.23. The molecular formula is C18H22N2O4S2. The summed E-state index contributed by atoms with van der Waals surface area (Å²) < 4.78 is 52.8. The van der Waals surface area contributed by atoms with Gasteiger partial charge in [-0.05, 0) is 42.7 Å². The van der Waals surface area contributed by atoms with Crippen molar-refractivity contribution in [3.05, 3.63) is 59.2 Å². The van der Waals surface area contributed by atoms with Gasteiger partial charge in [0.15, 0.2) is 0 Å². The zero-order chi connectivity index (χ0) is 19.1. The summed E-state index contributed by atoms with van der Waals surface area (Å²) in [4.78, 5) is 0.180. The molecule has 26 heavy (non-hydrogen) atoms. The van der Waals surface area contributed by atoms with Gasteiger partial charge < -0.3 is 0 Å². The molecule has 1 heterocycles. The van der Waals surface area contributed by atoms with Gasteiger partial charge in [0.25, 0.3) is 0 Å². The third-order valence-electron chi connectivity index (χ3n) is 4.45. The van der Waals surface area contributed by atoms with Crippen molar-refractivity contribution < 1.29 is 16.8 Å². The molecule has 0 unspecified atom stereocenters. The summed E-state index contributed by atoms with van der Waals surface area (Å²) in [5.74, 6) is -0.0775. The van der Waals surface area contributed by atoms with Gasteiger partial charge in [-0.1, -0.05) is 29.8 Å². The van der Waals surface area contributed by atoms with Gasteiger partial charge in [-0.3, -0.25) is 4.31 Å². The summed E-state index contributed by atoms with van der Waals surface area (Å²) in [6, 6.07) is 12.1. The zero-order valence-electron chi connectivity index (χ0n) is 15.0. The van der Waals surface area contributed by atoms with E-state index in [-0.39, 0.29) is 10.6 Å². The van der Waals surface area contributed by atoms with Gasteiger partial charge in [0.2, 0.25) is 20.0 Å². The number of sulfonamides is 2. The van der Waals surface area contributed by atoms with Gasteiger partial charge in [0, 0.05) is 20.6 Å². The van der Waals surface area contributed by atoms with E-state index >= 15 is 0 Å². The first-order valence-corrected chi connectivity index (χ1v) is 11.3. The molecular weight excluding hydrogens is 372 g/mol. The number of aryl methyl sites for hydroxylation is 1. The molecule has 0 N–H and O–H groups in total. The van der Waals surface area contributed by atoms with Crippen LogP contribution in [0.25, 0.3) is 0 Å². The van der Waals surface area contributed by atoms with Crippen molar-refractivity contribution in [1.82, 2.24) is 4.31 Å². The number of benzene rings is 2. The van der Waals surface area contributed by atoms with Crippen LogP contribution in [0.2, 0.25) is 0 Å². The molecule has 0 fully saturated rings. The molecule has 2 aromatic carbocycles. The Balaban J connectivity index is 1.92. The molecule has 0 saturated heterocycles. The van der Waals surface area contributed by atoms with Gasteiger partial charge in [-0.15, -0.1) is 0 Å². The quantitative estimate of drug-likeness (QED) is 0.779. The molecule has 6 nitrogen and oxygen atoms in total. The second kappa shape index (κ2) is 6.68. The summed E-state index contributed by atoms with van der Waals surface area (Å²) in [5, 5.41) is 0. The van der Waals surface area contributed by atoms with Crippen LogP contribution in [0, 0.1) is 6.92 Å². The Labute approximate surface area is 155 Å². The van der Waals surface area contributed by atoms with Crippen molar-refractivity contribution in [2.24, 2.45) is 0 Å². The topological polar surface area (TPSA) is 74.8 Å². The lowest BCUT2D eigenvalue weighted by Gasteiger charge is -2.20. The summed E-state index contributed by atoms with van der Waals surface area (Å²) in [6.07, 6.45) is 0.499. The van der Waals surface area contributed by atoms with Crippen molar-refractivity contribution in [2.45, 2.75) is 24.0 Å². The average molecular weight is 395 g/mol. The number of rotatable bonds is 5. The third-order valence-corrected chi connectivity index (χ3v) is 8.01. The maximum atomic E-state index is 12.9. The molecule has 0 amide bonds. The van der Waals surface area contributed by atoms with Gasteiger partial charge in [-0.2, -0.15) is 0 Å². The van der Waals surface area contributed by atoms with E-state index in [1.54, 1.807) is 18.2 Å². The van der Waals surface area contributed by atoms with E-state index in [2.05, 4.69) is 0 Å². The van der Waals surface area contributed by atoms with Crippen LogP contribution in [-0.4, -0.2) is 41.8 Å². The average Bonchev–Trinajstić information content (AvgIpc) is 2.98. The smallest absolute Gasteiger partial charge is 0.242 e. The lowest BCUT2D eigenvalue weighted by atomic mass is 10.2. The predicted molar refractivity (Wildman–Crippen MR) is 102 cm³/mol. The summed E-state index contributed by atoms with van der Waals surface area (Å²) in [7, 11) is -4.13. The molecule has 0 radical (unpaired) electrons. The largest absolute Gasteiger partial charge is 0.269 e. The predicted octanol–water partition coefficient (Wildman–Crippen LogP) is 2.14. The van der Waals surface area contributed by atoms with Crippen LogP contribution in [0.3, 0.4) is 0 Å². The molecule has 1 aliphatic rings. The van der Waals surface area contributed by atoms with Gasteiger partial charge in [-0.25, -0.2) is 21.1 Å². The summed E-state index contributed by atoms with van der Waals surface area (Å²) in [5.41, 5.74) is 3.06. The fourth-order valence-corrected chi connectivity index (χ4v) is 5.66. The van der Waals surface area contributed by atoms with E-state index in [1.807, 2.05) is 25.1 Å². The molecule has 0 aromatic heterocycles. The van der Waals surface area contributed by atoms with E-state index < -0.39 is 20.0 Å². The standard InChI is InChI=1S/C18H22N2O4S2/c1-14-5-4-6-15(11-14)13-25(21,22)20-10-9-16-12-17(7-8-18(16)20)26(23,24)19(2)3/h4-8,11-12H,9-10,13H2,1-3H3. The first kappa shape index (κ1) is 18.9. The highest BCUT2D eigenvalue weighted by Gasteiger charge is 2.31. The van der Waals surface area contributed by atoms with E-state index in [0.29, 0.717) is 18.7 Å². The van der Waals surface area contributed by atoms with Crippen molar-refractivity contribution in [1.29, 1.82) is 0 Å². The molecule has 8 heteroatoms. The number of anilines is 1. The lowest BCUT2D eigenvalue weighted by molar-refractivity contribution is 0.520. The maximum Gasteiger partial charge on any atom is 0.242 e. The molecule has 0 saturated carbocycles. The van der Waals surface area contributed by atoms with Crippen molar-refractivity contribution in [2.75, 3.05) is 24.9 Å². The molecule has 3 rings (SSSR count). The van der Waals surface area contributed by atoms with Crippen molar-refractivity contribution in [3.63, 3.8) is 0 Å². The Bertz CT molecular complexity index is 1040. The monoisotopic (exact) mass is 394 g/mol. The Hall–Kier alpha value is -1.90. The molecule has 0 spiro atoms. The van der Waals surface area contributed by atoms with E-state index in [0.717, 1.165) is 21.0 Å². The van der Waals surface area contributed by atoms with Crippen LogP contribution in [0.5, 0.6) is 0 Å². The first-order chi connectivity index (χ1) is 12.1. The molecule has 0 bridgehead atoms. The number of hydrogen-bond acceptors (Lipinski definition) is 4. The van der Waals surface area contributed by atoms with Crippen LogP contribution < -0.4 is 4.31 Å². The van der Waals surface area contributed by atoms with E-state index in [4.69, 9.17) is 0 Å². The van der Waals surface area contributed by atoms with E-state index in [1.165, 1.54) is 24.5 Å². The van der Waals surface area contributed by atoms with Crippen LogP contribution >= 0.6 is 0 Å². The number of hydrogen-bond donors (Lipinski definition) is 0. The van der Waals surface area contributed by atoms with Crippen LogP contribution in [0.1, 0.15) is 16.7 Å². The van der Waals surface area contributed by atoms with Crippen molar-refractivity contribution in [3.8, 4) is 0 Å². The van der Waals surface area contributed by atoms with Crippen molar-refractivity contribution >= 4 is 25.7 Å². The fraction of sp³-hybridized carbons (Fsp3) is 0.333. The second-order valence-corrected chi connectivity index (χ2v) is 10.7. The van der Waals surface area contributed by atoms with Gasteiger partial charge in [0.1, 0.15) is 0 Å². The van der Waals surface area contributed by atoms with Crippen LogP contribution in [0.4, 0.5) is 5.69 Å². The zero-order valence-corrected chi connectivity index (χ0v) is 16.6. The fourth-order valence-electron chi connectivity index (χ4n) is 3.10. The lowest BCUT2D eigenvalue weighted by Crippen LogP contribution is -2.30. The minimum Gasteiger partial charge on any atom is -0.269 e. The Morgan fingerprint density at radius 2 is 1.77 bits per heavy atom. The molecule has 2 aromatic rings. The Morgan fingerprint density at radius 1 is 1.04 bits per heavy atom. The summed E-state index contributed by atoms with van der Waals surface area (Å²) >= 11 is 0. The Kier molecular flexibility index (Phi) is 4.85. The molecule has 0 atom stereocenters.